The van der Waals surface area contributed by atoms with Crippen LogP contribution < -0.4 is 0 Å². The number of hydrogen-bond acceptors (Lipinski definition) is 0. The van der Waals surface area contributed by atoms with Crippen LogP contribution in [0.5, 0.6) is 0 Å². The molecule has 66 valence electrons. The lowest BCUT2D eigenvalue weighted by Crippen LogP contribution is -1.98. The Labute approximate surface area is 71.7 Å². The summed E-state index contributed by atoms with van der Waals surface area (Å²) in [6.45, 7) is 11.3. The molecule has 0 aromatic rings. The van der Waals surface area contributed by atoms with Crippen molar-refractivity contribution in [2.45, 2.75) is 47.5 Å². The van der Waals surface area contributed by atoms with Crippen molar-refractivity contribution in [3.63, 3.8) is 0 Å². The Hall–Kier alpha value is -0.260. The van der Waals surface area contributed by atoms with Gasteiger partial charge in [0.05, 0.1) is 0 Å². The minimum Gasteiger partial charge on any atom is -0.0825 e. The second-order valence-electron chi connectivity index (χ2n) is 3.65. The van der Waals surface area contributed by atoms with E-state index in [0.717, 1.165) is 5.92 Å². The SMILES string of the molecule is CCC(=CC(C)C)C(C)CC. The molecule has 0 aliphatic carbocycles. The summed E-state index contributed by atoms with van der Waals surface area (Å²) in [5.41, 5.74) is 1.63. The van der Waals surface area contributed by atoms with E-state index < -0.39 is 0 Å². The standard InChI is InChI=1S/C11H22/c1-6-10(5)11(7-2)8-9(3)4/h8-10H,6-7H2,1-5H3. The summed E-state index contributed by atoms with van der Waals surface area (Å²) in [6, 6.07) is 0. The van der Waals surface area contributed by atoms with Crippen LogP contribution in [-0.2, 0) is 0 Å². The minimum atomic E-state index is 0.707. The number of allylic oxidation sites excluding steroid dienone is 2. The minimum absolute atomic E-state index is 0.707. The molecule has 0 saturated heterocycles. The summed E-state index contributed by atoms with van der Waals surface area (Å²) in [5.74, 6) is 1.49. The van der Waals surface area contributed by atoms with Crippen molar-refractivity contribution >= 4 is 0 Å². The lowest BCUT2D eigenvalue weighted by Gasteiger charge is -2.13. The van der Waals surface area contributed by atoms with Crippen LogP contribution >= 0.6 is 0 Å². The van der Waals surface area contributed by atoms with Crippen molar-refractivity contribution in [2.75, 3.05) is 0 Å². The lowest BCUT2D eigenvalue weighted by atomic mass is 9.93. The topological polar surface area (TPSA) is 0 Å². The molecule has 0 aliphatic heterocycles. The fourth-order valence-electron chi connectivity index (χ4n) is 1.32. The maximum Gasteiger partial charge on any atom is -0.0234 e. The molecule has 0 nitrogen and oxygen atoms in total. The molecule has 0 heteroatoms. The molecule has 0 saturated carbocycles. The third-order valence-corrected chi connectivity index (χ3v) is 2.20. The van der Waals surface area contributed by atoms with Crippen LogP contribution in [0.3, 0.4) is 0 Å². The molecule has 1 unspecified atom stereocenters. The Kier molecular flexibility index (Phi) is 5.27. The van der Waals surface area contributed by atoms with E-state index in [1.54, 1.807) is 5.57 Å². The molecule has 0 fully saturated rings. The molecule has 1 atom stereocenters. The van der Waals surface area contributed by atoms with E-state index in [4.69, 9.17) is 0 Å². The fraction of sp³-hybridized carbons (Fsp3) is 0.818. The molecule has 0 radical (unpaired) electrons. The van der Waals surface area contributed by atoms with Gasteiger partial charge < -0.3 is 0 Å². The predicted molar refractivity (Wildman–Crippen MR) is 52.7 cm³/mol. The maximum atomic E-state index is 2.41. The third kappa shape index (κ3) is 4.23. The highest BCUT2D eigenvalue weighted by molar-refractivity contribution is 5.05. The van der Waals surface area contributed by atoms with Crippen LogP contribution in [0.2, 0.25) is 0 Å². The van der Waals surface area contributed by atoms with Gasteiger partial charge in [-0.3, -0.25) is 0 Å². The van der Waals surface area contributed by atoms with Gasteiger partial charge in [0, 0.05) is 0 Å². The van der Waals surface area contributed by atoms with Gasteiger partial charge in [0.2, 0.25) is 0 Å². The summed E-state index contributed by atoms with van der Waals surface area (Å²) in [4.78, 5) is 0. The highest BCUT2D eigenvalue weighted by Crippen LogP contribution is 2.19. The molecule has 0 aromatic carbocycles. The molecule has 0 heterocycles. The van der Waals surface area contributed by atoms with Crippen molar-refractivity contribution in [2.24, 2.45) is 11.8 Å². The van der Waals surface area contributed by atoms with Crippen molar-refractivity contribution < 1.29 is 0 Å². The highest BCUT2D eigenvalue weighted by atomic mass is 14.1. The van der Waals surface area contributed by atoms with Gasteiger partial charge in [0.1, 0.15) is 0 Å². The second-order valence-corrected chi connectivity index (χ2v) is 3.65. The number of rotatable bonds is 4. The lowest BCUT2D eigenvalue weighted by molar-refractivity contribution is 0.620. The van der Waals surface area contributed by atoms with Crippen LogP contribution in [-0.4, -0.2) is 0 Å². The molecular weight excluding hydrogens is 132 g/mol. The fourth-order valence-corrected chi connectivity index (χ4v) is 1.32. The van der Waals surface area contributed by atoms with Crippen LogP contribution in [0, 0.1) is 11.8 Å². The van der Waals surface area contributed by atoms with Gasteiger partial charge >= 0.3 is 0 Å². The van der Waals surface area contributed by atoms with Crippen molar-refractivity contribution in [3.8, 4) is 0 Å². The number of hydrogen-bond donors (Lipinski definition) is 0. The van der Waals surface area contributed by atoms with E-state index in [0.29, 0.717) is 5.92 Å². The normalized spacial score (nSPS) is 15.6. The Balaban J connectivity index is 4.14. The average Bonchev–Trinajstić information content (AvgIpc) is 1.98. The van der Waals surface area contributed by atoms with E-state index >= 15 is 0 Å². The molecule has 0 spiro atoms. The molecule has 0 aromatic heterocycles. The van der Waals surface area contributed by atoms with Gasteiger partial charge in [-0.15, -0.1) is 0 Å². The first-order valence-corrected chi connectivity index (χ1v) is 4.82. The largest absolute Gasteiger partial charge is 0.0825 e. The summed E-state index contributed by atoms with van der Waals surface area (Å²) in [5, 5.41) is 0. The Bertz CT molecular complexity index is 120. The zero-order chi connectivity index (χ0) is 8.85. The van der Waals surface area contributed by atoms with Gasteiger partial charge in [-0.1, -0.05) is 46.3 Å². The Morgan fingerprint density at radius 3 is 2.00 bits per heavy atom. The van der Waals surface area contributed by atoms with Crippen molar-refractivity contribution in [1.82, 2.24) is 0 Å². The van der Waals surface area contributed by atoms with E-state index in [9.17, 15) is 0 Å². The first kappa shape index (κ1) is 10.7. The first-order chi connectivity index (χ1) is 5.11. The molecule has 0 amide bonds. The zero-order valence-corrected chi connectivity index (χ0v) is 8.65. The van der Waals surface area contributed by atoms with Crippen molar-refractivity contribution in [3.05, 3.63) is 11.6 Å². The summed E-state index contributed by atoms with van der Waals surface area (Å²) in [7, 11) is 0. The van der Waals surface area contributed by atoms with E-state index in [-0.39, 0.29) is 0 Å². The molecule has 0 bridgehead atoms. The van der Waals surface area contributed by atoms with Gasteiger partial charge in [-0.05, 0) is 24.7 Å². The summed E-state index contributed by atoms with van der Waals surface area (Å²) < 4.78 is 0. The molecule has 0 N–H and O–H groups in total. The predicted octanol–water partition coefficient (Wildman–Crippen LogP) is 4.02. The van der Waals surface area contributed by atoms with Gasteiger partial charge in [0.15, 0.2) is 0 Å². The Morgan fingerprint density at radius 1 is 1.18 bits per heavy atom. The summed E-state index contributed by atoms with van der Waals surface area (Å²) >= 11 is 0. The Morgan fingerprint density at radius 2 is 1.73 bits per heavy atom. The first-order valence-electron chi connectivity index (χ1n) is 4.82. The average molecular weight is 154 g/mol. The van der Waals surface area contributed by atoms with Crippen molar-refractivity contribution in [1.29, 1.82) is 0 Å². The van der Waals surface area contributed by atoms with Crippen LogP contribution in [0.15, 0.2) is 11.6 Å². The summed E-state index contributed by atoms with van der Waals surface area (Å²) in [6.07, 6.45) is 4.90. The van der Waals surface area contributed by atoms with E-state index in [2.05, 4.69) is 40.7 Å². The van der Waals surface area contributed by atoms with Gasteiger partial charge in [-0.25, -0.2) is 0 Å². The van der Waals surface area contributed by atoms with E-state index in [1.807, 2.05) is 0 Å². The van der Waals surface area contributed by atoms with E-state index in [1.165, 1.54) is 12.8 Å². The molecule has 0 rings (SSSR count). The molecular formula is C11H22. The second kappa shape index (κ2) is 5.40. The third-order valence-electron chi connectivity index (χ3n) is 2.20. The zero-order valence-electron chi connectivity index (χ0n) is 8.65. The molecule has 11 heavy (non-hydrogen) atoms. The van der Waals surface area contributed by atoms with Crippen LogP contribution in [0.1, 0.15) is 47.5 Å². The molecule has 0 aliphatic rings. The highest BCUT2D eigenvalue weighted by Gasteiger charge is 2.03. The smallest absolute Gasteiger partial charge is 0.0234 e. The van der Waals surface area contributed by atoms with Crippen LogP contribution in [0.25, 0.3) is 0 Å². The maximum absolute atomic E-state index is 2.41. The van der Waals surface area contributed by atoms with Crippen LogP contribution in [0.4, 0.5) is 0 Å². The van der Waals surface area contributed by atoms with Gasteiger partial charge in [-0.2, -0.15) is 0 Å². The monoisotopic (exact) mass is 154 g/mol. The quantitative estimate of drug-likeness (QED) is 0.536. The van der Waals surface area contributed by atoms with Gasteiger partial charge in [0.25, 0.3) is 0 Å².